The standard InChI is InChI=1S/C21H25FN2O4/c1-13-2-5-15(22)10-16(13)19(26)23-8-6-21(7-9-23)11-17(20(27)28)24(12-21)18(25)14-3-4-14/h2,5,10,14,17H,3-4,6-9,11-12H2,1H3,(H,27,28). The third kappa shape index (κ3) is 3.38. The summed E-state index contributed by atoms with van der Waals surface area (Å²) < 4.78 is 13.6. The molecule has 1 N–H and O–H groups in total. The van der Waals surface area contributed by atoms with Gasteiger partial charge < -0.3 is 14.9 Å². The Morgan fingerprint density at radius 3 is 2.46 bits per heavy atom. The number of carboxylic acid groups (broad SMARTS) is 1. The van der Waals surface area contributed by atoms with Gasteiger partial charge in [-0.05, 0) is 62.1 Å². The van der Waals surface area contributed by atoms with Crippen LogP contribution in [0, 0.1) is 24.1 Å². The van der Waals surface area contributed by atoms with Crippen molar-refractivity contribution in [2.75, 3.05) is 19.6 Å². The predicted molar refractivity (Wildman–Crippen MR) is 99.2 cm³/mol. The molecule has 0 aromatic heterocycles. The molecule has 1 saturated carbocycles. The summed E-state index contributed by atoms with van der Waals surface area (Å²) in [5.41, 5.74) is 0.859. The fourth-order valence-corrected chi connectivity index (χ4v) is 4.61. The van der Waals surface area contributed by atoms with E-state index in [1.165, 1.54) is 12.1 Å². The van der Waals surface area contributed by atoms with Gasteiger partial charge in [-0.25, -0.2) is 9.18 Å². The van der Waals surface area contributed by atoms with Crippen molar-refractivity contribution in [2.45, 2.75) is 45.1 Å². The Morgan fingerprint density at radius 2 is 1.86 bits per heavy atom. The summed E-state index contributed by atoms with van der Waals surface area (Å²) in [5, 5.41) is 9.60. The zero-order valence-electron chi connectivity index (χ0n) is 16.0. The molecule has 2 aliphatic heterocycles. The number of aliphatic carboxylic acids is 1. The van der Waals surface area contributed by atoms with Crippen molar-refractivity contribution < 1.29 is 23.9 Å². The van der Waals surface area contributed by atoms with Gasteiger partial charge in [-0.2, -0.15) is 0 Å². The maximum absolute atomic E-state index is 13.6. The van der Waals surface area contributed by atoms with Crippen LogP contribution in [0.2, 0.25) is 0 Å². The third-order valence-electron chi connectivity index (χ3n) is 6.54. The molecule has 0 bridgehead atoms. The lowest BCUT2D eigenvalue weighted by Gasteiger charge is -2.39. The Bertz CT molecular complexity index is 828. The molecule has 3 fully saturated rings. The van der Waals surface area contributed by atoms with E-state index in [2.05, 4.69) is 0 Å². The maximum atomic E-state index is 13.6. The van der Waals surface area contributed by atoms with E-state index < -0.39 is 17.8 Å². The molecule has 6 nitrogen and oxygen atoms in total. The van der Waals surface area contributed by atoms with Gasteiger partial charge in [-0.15, -0.1) is 0 Å². The first-order valence-electron chi connectivity index (χ1n) is 9.88. The fraction of sp³-hybridized carbons (Fsp3) is 0.571. The van der Waals surface area contributed by atoms with Gasteiger partial charge in [0.05, 0.1) is 0 Å². The van der Waals surface area contributed by atoms with Crippen LogP contribution in [0.15, 0.2) is 18.2 Å². The lowest BCUT2D eigenvalue weighted by Crippen LogP contribution is -2.45. The van der Waals surface area contributed by atoms with Crippen LogP contribution >= 0.6 is 0 Å². The van der Waals surface area contributed by atoms with Crippen molar-refractivity contribution in [1.29, 1.82) is 0 Å². The molecule has 1 aliphatic carbocycles. The second-order valence-electron chi connectivity index (χ2n) is 8.55. The first kappa shape index (κ1) is 18.9. The van der Waals surface area contributed by atoms with E-state index in [1.54, 1.807) is 22.8 Å². The van der Waals surface area contributed by atoms with Gasteiger partial charge in [0.1, 0.15) is 11.9 Å². The van der Waals surface area contributed by atoms with Crippen molar-refractivity contribution in [2.24, 2.45) is 11.3 Å². The highest BCUT2D eigenvalue weighted by molar-refractivity contribution is 5.95. The molecule has 1 aromatic rings. The van der Waals surface area contributed by atoms with E-state index >= 15 is 0 Å². The normalized spacial score (nSPS) is 23.9. The highest BCUT2D eigenvalue weighted by Gasteiger charge is 2.52. The van der Waals surface area contributed by atoms with Crippen LogP contribution < -0.4 is 0 Å². The maximum Gasteiger partial charge on any atom is 0.326 e. The molecule has 1 unspecified atom stereocenters. The zero-order chi connectivity index (χ0) is 20.1. The van der Waals surface area contributed by atoms with E-state index in [1.807, 2.05) is 0 Å². The summed E-state index contributed by atoms with van der Waals surface area (Å²) in [6, 6.07) is 3.45. The lowest BCUT2D eigenvalue weighted by atomic mass is 9.76. The number of aryl methyl sites for hydroxylation is 1. The Kier molecular flexibility index (Phi) is 4.63. The molecule has 0 radical (unpaired) electrons. The van der Waals surface area contributed by atoms with E-state index in [0.717, 1.165) is 18.4 Å². The van der Waals surface area contributed by atoms with Crippen molar-refractivity contribution in [1.82, 2.24) is 9.80 Å². The van der Waals surface area contributed by atoms with Crippen LogP contribution in [0.3, 0.4) is 0 Å². The Labute approximate surface area is 163 Å². The van der Waals surface area contributed by atoms with Gasteiger partial charge in [0, 0.05) is 31.1 Å². The number of amides is 2. The second kappa shape index (κ2) is 6.87. The SMILES string of the molecule is Cc1ccc(F)cc1C(=O)N1CCC2(CC1)CC(C(=O)O)N(C(=O)C1CC1)C2. The van der Waals surface area contributed by atoms with E-state index in [4.69, 9.17) is 0 Å². The number of hydrogen-bond acceptors (Lipinski definition) is 3. The van der Waals surface area contributed by atoms with Gasteiger partial charge in [-0.3, -0.25) is 9.59 Å². The minimum absolute atomic E-state index is 0.00498. The molecule has 7 heteroatoms. The number of benzene rings is 1. The van der Waals surface area contributed by atoms with Gasteiger partial charge in [0.25, 0.3) is 5.91 Å². The fourth-order valence-electron chi connectivity index (χ4n) is 4.61. The Hall–Kier alpha value is -2.44. The number of rotatable bonds is 3. The minimum Gasteiger partial charge on any atom is -0.480 e. The van der Waals surface area contributed by atoms with Gasteiger partial charge >= 0.3 is 5.97 Å². The summed E-state index contributed by atoms with van der Waals surface area (Å²) in [4.78, 5) is 40.4. The van der Waals surface area contributed by atoms with Crippen molar-refractivity contribution in [3.63, 3.8) is 0 Å². The molecule has 1 spiro atoms. The van der Waals surface area contributed by atoms with Crippen LogP contribution in [0.25, 0.3) is 0 Å². The number of carbonyl (C=O) groups excluding carboxylic acids is 2. The van der Waals surface area contributed by atoms with Gasteiger partial charge in [-0.1, -0.05) is 6.07 Å². The highest BCUT2D eigenvalue weighted by Crippen LogP contribution is 2.45. The van der Waals surface area contributed by atoms with Crippen LogP contribution in [-0.4, -0.2) is 58.4 Å². The average molecular weight is 388 g/mol. The molecule has 2 heterocycles. The summed E-state index contributed by atoms with van der Waals surface area (Å²) in [5.74, 6) is -1.60. The quantitative estimate of drug-likeness (QED) is 0.863. The number of hydrogen-bond donors (Lipinski definition) is 1. The monoisotopic (exact) mass is 388 g/mol. The first-order chi connectivity index (χ1) is 13.3. The Balaban J connectivity index is 1.45. The van der Waals surface area contributed by atoms with Crippen LogP contribution in [-0.2, 0) is 9.59 Å². The topological polar surface area (TPSA) is 77.9 Å². The summed E-state index contributed by atoms with van der Waals surface area (Å²) in [6.07, 6.45) is 3.46. The smallest absolute Gasteiger partial charge is 0.326 e. The number of likely N-dealkylation sites (tertiary alicyclic amines) is 2. The van der Waals surface area contributed by atoms with E-state index in [-0.39, 0.29) is 23.1 Å². The van der Waals surface area contributed by atoms with Gasteiger partial charge in [0.15, 0.2) is 0 Å². The number of nitrogens with zero attached hydrogens (tertiary/aromatic N) is 2. The van der Waals surface area contributed by atoms with Gasteiger partial charge in [0.2, 0.25) is 5.91 Å². The molecule has 150 valence electrons. The molecule has 3 aliphatic rings. The molecule has 2 saturated heterocycles. The van der Waals surface area contributed by atoms with Crippen molar-refractivity contribution in [3.8, 4) is 0 Å². The highest BCUT2D eigenvalue weighted by atomic mass is 19.1. The summed E-state index contributed by atoms with van der Waals surface area (Å²) in [7, 11) is 0. The predicted octanol–water partition coefficient (Wildman–Crippen LogP) is 2.45. The minimum atomic E-state index is -0.945. The largest absolute Gasteiger partial charge is 0.480 e. The number of halogens is 1. The molecular weight excluding hydrogens is 363 g/mol. The molecule has 28 heavy (non-hydrogen) atoms. The molecule has 1 aromatic carbocycles. The molecule has 4 rings (SSSR count). The number of piperidine rings is 1. The van der Waals surface area contributed by atoms with Crippen molar-refractivity contribution >= 4 is 17.8 Å². The Morgan fingerprint density at radius 1 is 1.18 bits per heavy atom. The average Bonchev–Trinajstić information content (AvgIpc) is 3.45. The molecule has 1 atom stereocenters. The summed E-state index contributed by atoms with van der Waals surface area (Å²) >= 11 is 0. The first-order valence-corrected chi connectivity index (χ1v) is 9.88. The van der Waals surface area contributed by atoms with E-state index in [9.17, 15) is 23.9 Å². The van der Waals surface area contributed by atoms with Crippen LogP contribution in [0.4, 0.5) is 4.39 Å². The summed E-state index contributed by atoms with van der Waals surface area (Å²) in [6.45, 7) is 3.23. The van der Waals surface area contributed by atoms with Crippen LogP contribution in [0.1, 0.15) is 48.0 Å². The molecular formula is C21H25FN2O4. The third-order valence-corrected chi connectivity index (χ3v) is 6.54. The van der Waals surface area contributed by atoms with E-state index in [0.29, 0.717) is 44.5 Å². The molecule has 2 amide bonds. The number of carbonyl (C=O) groups is 3. The zero-order valence-corrected chi connectivity index (χ0v) is 16.0. The van der Waals surface area contributed by atoms with Crippen molar-refractivity contribution in [3.05, 3.63) is 35.1 Å². The lowest BCUT2D eigenvalue weighted by molar-refractivity contribution is -0.148. The second-order valence-corrected chi connectivity index (χ2v) is 8.55. The number of carboxylic acids is 1. The van der Waals surface area contributed by atoms with Crippen LogP contribution in [0.5, 0.6) is 0 Å².